The van der Waals surface area contributed by atoms with Gasteiger partial charge in [0.15, 0.2) is 11.2 Å². The fourth-order valence-electron chi connectivity index (χ4n) is 2.18. The third-order valence-corrected chi connectivity index (χ3v) is 3.11. The van der Waals surface area contributed by atoms with Crippen molar-refractivity contribution in [2.75, 3.05) is 0 Å². The van der Waals surface area contributed by atoms with E-state index in [0.29, 0.717) is 22.7 Å². The van der Waals surface area contributed by atoms with Gasteiger partial charge in [-0.15, -0.1) is 0 Å². The molecule has 0 saturated heterocycles. The van der Waals surface area contributed by atoms with Crippen LogP contribution in [0.15, 0.2) is 36.7 Å². The molecule has 7 nitrogen and oxygen atoms in total. The number of hydrogen-bond donors (Lipinski definition) is 0. The van der Waals surface area contributed by atoms with Crippen molar-refractivity contribution in [2.45, 2.75) is 33.3 Å². The fourth-order valence-corrected chi connectivity index (χ4v) is 2.18. The highest BCUT2D eigenvalue weighted by Crippen LogP contribution is 2.27. The largest absolute Gasteiger partial charge is 0.443 e. The molecule has 0 N–H and O–H groups in total. The number of ether oxygens (including phenoxy) is 2. The Morgan fingerprint density at radius 3 is 2.50 bits per heavy atom. The molecular formula is C17H18N4O3. The Balaban J connectivity index is 2.03. The molecule has 0 spiro atoms. The Labute approximate surface area is 139 Å². The Morgan fingerprint density at radius 1 is 1.12 bits per heavy atom. The number of fused-ring (bicyclic) bond motifs is 1. The van der Waals surface area contributed by atoms with Crippen molar-refractivity contribution in [3.8, 4) is 11.6 Å². The molecule has 3 rings (SSSR count). The molecule has 0 radical (unpaired) electrons. The molecular weight excluding hydrogens is 308 g/mol. The van der Waals surface area contributed by atoms with Gasteiger partial charge in [-0.05, 0) is 39.8 Å². The van der Waals surface area contributed by atoms with Crippen LogP contribution in [0.4, 0.5) is 4.79 Å². The third kappa shape index (κ3) is 3.19. The average molecular weight is 326 g/mol. The van der Waals surface area contributed by atoms with Crippen LogP contribution in [0.1, 0.15) is 26.6 Å². The van der Waals surface area contributed by atoms with E-state index < -0.39 is 11.7 Å². The van der Waals surface area contributed by atoms with Crippen LogP contribution in [0.5, 0.6) is 11.6 Å². The minimum atomic E-state index is -0.615. The summed E-state index contributed by atoms with van der Waals surface area (Å²) in [6, 6.07) is 9.23. The molecule has 7 heteroatoms. The predicted molar refractivity (Wildman–Crippen MR) is 88.2 cm³/mol. The van der Waals surface area contributed by atoms with E-state index in [9.17, 15) is 4.79 Å². The van der Waals surface area contributed by atoms with Crippen LogP contribution >= 0.6 is 0 Å². The second-order valence-corrected chi connectivity index (χ2v) is 6.24. The standard InChI is InChI=1S/C17H18N4O3/c1-11-20-13-14(21(11)16(22)24-17(2,3)4)18-10-19-15(13)23-12-8-6-5-7-9-12/h5-10H,1-4H3. The summed E-state index contributed by atoms with van der Waals surface area (Å²) in [6.07, 6.45) is 0.801. The second-order valence-electron chi connectivity index (χ2n) is 6.24. The number of imidazole rings is 1. The molecule has 0 amide bonds. The first-order valence-electron chi connectivity index (χ1n) is 7.51. The number of aromatic nitrogens is 4. The smallest absolute Gasteiger partial charge is 0.421 e. The average Bonchev–Trinajstić information content (AvgIpc) is 2.84. The fraction of sp³-hybridized carbons (Fsp3) is 0.294. The van der Waals surface area contributed by atoms with E-state index in [2.05, 4.69) is 15.0 Å². The molecule has 0 aliphatic rings. The van der Waals surface area contributed by atoms with Crippen LogP contribution in [0.2, 0.25) is 0 Å². The topological polar surface area (TPSA) is 79.1 Å². The van der Waals surface area contributed by atoms with E-state index in [-0.39, 0.29) is 5.88 Å². The molecule has 1 aromatic carbocycles. The van der Waals surface area contributed by atoms with Gasteiger partial charge in [-0.1, -0.05) is 18.2 Å². The van der Waals surface area contributed by atoms with Gasteiger partial charge in [-0.3, -0.25) is 0 Å². The number of carbonyl (C=O) groups excluding carboxylic acids is 1. The van der Waals surface area contributed by atoms with Crippen molar-refractivity contribution < 1.29 is 14.3 Å². The van der Waals surface area contributed by atoms with Gasteiger partial charge in [-0.25, -0.2) is 19.3 Å². The van der Waals surface area contributed by atoms with Crippen LogP contribution in [-0.4, -0.2) is 31.2 Å². The van der Waals surface area contributed by atoms with Gasteiger partial charge >= 0.3 is 6.09 Å². The van der Waals surface area contributed by atoms with Crippen molar-refractivity contribution in [3.63, 3.8) is 0 Å². The van der Waals surface area contributed by atoms with Gasteiger partial charge in [0.1, 0.15) is 23.5 Å². The summed E-state index contributed by atoms with van der Waals surface area (Å²) in [6.45, 7) is 7.12. The van der Waals surface area contributed by atoms with Crippen molar-refractivity contribution >= 4 is 17.3 Å². The normalized spacial score (nSPS) is 11.5. The number of para-hydroxylation sites is 1. The van der Waals surface area contributed by atoms with Crippen molar-refractivity contribution in [2.24, 2.45) is 0 Å². The van der Waals surface area contributed by atoms with E-state index in [0.717, 1.165) is 0 Å². The van der Waals surface area contributed by atoms with Gasteiger partial charge in [0.05, 0.1) is 0 Å². The van der Waals surface area contributed by atoms with Gasteiger partial charge in [0.2, 0.25) is 0 Å². The van der Waals surface area contributed by atoms with E-state index in [1.807, 2.05) is 30.3 Å². The molecule has 24 heavy (non-hydrogen) atoms. The molecule has 2 aromatic heterocycles. The van der Waals surface area contributed by atoms with Crippen molar-refractivity contribution in [1.82, 2.24) is 19.5 Å². The highest BCUT2D eigenvalue weighted by atomic mass is 16.6. The van der Waals surface area contributed by atoms with Crippen LogP contribution < -0.4 is 4.74 Å². The zero-order valence-electron chi connectivity index (χ0n) is 14.0. The quantitative estimate of drug-likeness (QED) is 0.714. The number of carbonyl (C=O) groups is 1. The molecule has 3 aromatic rings. The summed E-state index contributed by atoms with van der Waals surface area (Å²) < 4.78 is 12.5. The molecule has 124 valence electrons. The highest BCUT2D eigenvalue weighted by molar-refractivity contribution is 5.87. The molecule has 0 aliphatic carbocycles. The van der Waals surface area contributed by atoms with Gasteiger partial charge < -0.3 is 9.47 Å². The van der Waals surface area contributed by atoms with Gasteiger partial charge in [0, 0.05) is 0 Å². The predicted octanol–water partition coefficient (Wildman–Crippen LogP) is 3.71. The second kappa shape index (κ2) is 5.92. The summed E-state index contributed by atoms with van der Waals surface area (Å²) in [5.41, 5.74) is 0.142. The first-order chi connectivity index (χ1) is 11.3. The lowest BCUT2D eigenvalue weighted by Gasteiger charge is -2.19. The van der Waals surface area contributed by atoms with Gasteiger partial charge in [-0.2, -0.15) is 4.98 Å². The summed E-state index contributed by atoms with van der Waals surface area (Å²) in [5.74, 6) is 1.37. The number of nitrogens with zero attached hydrogens (tertiary/aromatic N) is 4. The molecule has 0 unspecified atom stereocenters. The zero-order chi connectivity index (χ0) is 17.3. The number of rotatable bonds is 2. The number of hydrogen-bond acceptors (Lipinski definition) is 6. The Hall–Kier alpha value is -2.96. The Bertz CT molecular complexity index is 882. The zero-order valence-corrected chi connectivity index (χ0v) is 14.0. The lowest BCUT2D eigenvalue weighted by Crippen LogP contribution is -2.27. The Kier molecular flexibility index (Phi) is 3.92. The van der Waals surface area contributed by atoms with Crippen LogP contribution in [0.3, 0.4) is 0 Å². The molecule has 2 heterocycles. The van der Waals surface area contributed by atoms with E-state index in [4.69, 9.17) is 9.47 Å². The summed E-state index contributed by atoms with van der Waals surface area (Å²) in [7, 11) is 0. The minimum absolute atomic E-state index is 0.289. The van der Waals surface area contributed by atoms with Gasteiger partial charge in [0.25, 0.3) is 5.88 Å². The van der Waals surface area contributed by atoms with Crippen molar-refractivity contribution in [1.29, 1.82) is 0 Å². The molecule has 0 saturated carbocycles. The monoisotopic (exact) mass is 326 g/mol. The summed E-state index contributed by atoms with van der Waals surface area (Å²) >= 11 is 0. The number of benzene rings is 1. The lowest BCUT2D eigenvalue weighted by molar-refractivity contribution is 0.0539. The SMILES string of the molecule is Cc1nc2c(Oc3ccccc3)ncnc2n1C(=O)OC(C)(C)C. The van der Waals surface area contributed by atoms with E-state index >= 15 is 0 Å². The molecule has 0 atom stereocenters. The van der Waals surface area contributed by atoms with Crippen LogP contribution in [0.25, 0.3) is 11.2 Å². The van der Waals surface area contributed by atoms with Crippen LogP contribution in [0, 0.1) is 6.92 Å². The maximum Gasteiger partial charge on any atom is 0.421 e. The molecule has 0 fully saturated rings. The first kappa shape index (κ1) is 15.9. The summed E-state index contributed by atoms with van der Waals surface area (Å²) in [4.78, 5) is 25.1. The maximum absolute atomic E-state index is 12.4. The lowest BCUT2D eigenvalue weighted by atomic mass is 10.2. The molecule has 0 aliphatic heterocycles. The van der Waals surface area contributed by atoms with E-state index in [1.54, 1.807) is 27.7 Å². The van der Waals surface area contributed by atoms with E-state index in [1.165, 1.54) is 10.9 Å². The van der Waals surface area contributed by atoms with Crippen LogP contribution in [-0.2, 0) is 4.74 Å². The third-order valence-electron chi connectivity index (χ3n) is 3.11. The Morgan fingerprint density at radius 2 is 1.83 bits per heavy atom. The molecule has 0 bridgehead atoms. The minimum Gasteiger partial charge on any atom is -0.443 e. The number of aryl methyl sites for hydroxylation is 1. The summed E-state index contributed by atoms with van der Waals surface area (Å²) in [5, 5.41) is 0. The maximum atomic E-state index is 12.4. The first-order valence-corrected chi connectivity index (χ1v) is 7.51. The van der Waals surface area contributed by atoms with Crippen molar-refractivity contribution in [3.05, 3.63) is 42.5 Å². The highest BCUT2D eigenvalue weighted by Gasteiger charge is 2.24.